The highest BCUT2D eigenvalue weighted by atomic mass is 19.1. The van der Waals surface area contributed by atoms with Gasteiger partial charge in [-0.25, -0.2) is 4.39 Å². The number of ketones is 1. The van der Waals surface area contributed by atoms with Crippen molar-refractivity contribution in [1.29, 1.82) is 0 Å². The first-order valence-electron chi connectivity index (χ1n) is 13.2. The number of nitrogens with zero attached hydrogens (tertiary/aromatic N) is 2. The fraction of sp³-hybridized carbons (Fsp3) is 0.517. The molecule has 1 heterocycles. The molecule has 0 aliphatic heterocycles. The maximum atomic E-state index is 14.3. The SMILES string of the molecule is CC[C@@H](c1cncc(C(=O)c2ccc(F)cc2)c1)N(CC)C(=O)[C@@H](C1CCCCC1)C(C)(NC)C(N)=O. The summed E-state index contributed by atoms with van der Waals surface area (Å²) in [6.45, 7) is 6.05. The number of likely N-dealkylation sites (N-methyl/N-ethyl adjacent to an activating group) is 1. The van der Waals surface area contributed by atoms with E-state index >= 15 is 0 Å². The molecule has 2 aromatic rings. The first kappa shape index (κ1) is 28.4. The summed E-state index contributed by atoms with van der Waals surface area (Å²) in [4.78, 5) is 46.1. The molecule has 0 radical (unpaired) electrons. The summed E-state index contributed by atoms with van der Waals surface area (Å²) in [7, 11) is 1.68. The Bertz CT molecular complexity index is 1100. The summed E-state index contributed by atoms with van der Waals surface area (Å²) in [6.07, 6.45) is 8.67. The Morgan fingerprint density at radius 1 is 1.11 bits per heavy atom. The van der Waals surface area contributed by atoms with Crippen molar-refractivity contribution in [3.63, 3.8) is 0 Å². The zero-order chi connectivity index (χ0) is 27.2. The van der Waals surface area contributed by atoms with Gasteiger partial charge in [-0.3, -0.25) is 19.4 Å². The second kappa shape index (κ2) is 12.4. The highest BCUT2D eigenvalue weighted by molar-refractivity contribution is 6.08. The number of halogens is 1. The van der Waals surface area contributed by atoms with E-state index in [9.17, 15) is 18.8 Å². The number of aromatic nitrogens is 1. The fourth-order valence-electron chi connectivity index (χ4n) is 5.70. The number of rotatable bonds is 11. The van der Waals surface area contributed by atoms with Crippen LogP contribution in [0.1, 0.15) is 86.8 Å². The van der Waals surface area contributed by atoms with E-state index in [0.29, 0.717) is 24.1 Å². The lowest BCUT2D eigenvalue weighted by Crippen LogP contribution is -2.63. The first-order valence-corrected chi connectivity index (χ1v) is 13.2. The number of hydrogen-bond acceptors (Lipinski definition) is 5. The molecule has 37 heavy (non-hydrogen) atoms. The molecular weight excluding hydrogens is 471 g/mol. The quantitative estimate of drug-likeness (QED) is 0.436. The highest BCUT2D eigenvalue weighted by Gasteiger charge is 2.49. The molecule has 1 aromatic heterocycles. The molecule has 1 unspecified atom stereocenters. The van der Waals surface area contributed by atoms with Crippen molar-refractivity contribution in [2.75, 3.05) is 13.6 Å². The van der Waals surface area contributed by atoms with Crippen LogP contribution in [0.15, 0.2) is 42.7 Å². The third kappa shape index (κ3) is 6.06. The molecule has 8 heteroatoms. The number of carbonyl (C=O) groups excluding carboxylic acids is 3. The molecule has 3 atom stereocenters. The van der Waals surface area contributed by atoms with Crippen LogP contribution in [0, 0.1) is 17.7 Å². The molecule has 2 amide bonds. The molecule has 0 saturated heterocycles. The van der Waals surface area contributed by atoms with Crippen molar-refractivity contribution in [3.8, 4) is 0 Å². The summed E-state index contributed by atoms with van der Waals surface area (Å²) in [5.41, 5.74) is 6.14. The van der Waals surface area contributed by atoms with Crippen molar-refractivity contribution in [1.82, 2.24) is 15.2 Å². The number of pyridine rings is 1. The van der Waals surface area contributed by atoms with Gasteiger partial charge in [0.25, 0.3) is 0 Å². The van der Waals surface area contributed by atoms with E-state index in [1.807, 2.05) is 13.8 Å². The molecule has 7 nitrogen and oxygen atoms in total. The van der Waals surface area contributed by atoms with Gasteiger partial charge in [0.05, 0.1) is 12.0 Å². The Morgan fingerprint density at radius 3 is 2.30 bits per heavy atom. The van der Waals surface area contributed by atoms with Crippen LogP contribution in [0.2, 0.25) is 0 Å². The van der Waals surface area contributed by atoms with Crippen LogP contribution >= 0.6 is 0 Å². The van der Waals surface area contributed by atoms with E-state index in [1.54, 1.807) is 31.1 Å². The van der Waals surface area contributed by atoms with E-state index < -0.39 is 23.2 Å². The van der Waals surface area contributed by atoms with Gasteiger partial charge in [0, 0.05) is 30.1 Å². The summed E-state index contributed by atoms with van der Waals surface area (Å²) in [5.74, 6) is -1.91. The second-order valence-corrected chi connectivity index (χ2v) is 10.1. The van der Waals surface area contributed by atoms with Crippen LogP contribution < -0.4 is 11.1 Å². The standard InChI is InChI=1S/C29H39FN4O3/c1-5-24(21-16-22(18-33-17-21)26(35)20-12-14-23(30)15-13-20)34(6-2)27(36)25(19-10-8-7-9-11-19)29(3,32-4)28(31)37/h12-19,24-25,32H,5-11H2,1-4H3,(H2,31,37)/t24-,25+,29?/m0/s1. The minimum absolute atomic E-state index is 0.0438. The molecule has 0 spiro atoms. The minimum Gasteiger partial charge on any atom is -0.368 e. The van der Waals surface area contributed by atoms with Gasteiger partial charge in [-0.2, -0.15) is 0 Å². The maximum Gasteiger partial charge on any atom is 0.238 e. The van der Waals surface area contributed by atoms with E-state index in [1.165, 1.54) is 30.5 Å². The Balaban J connectivity index is 1.98. The highest BCUT2D eigenvalue weighted by Crippen LogP contribution is 2.39. The number of hydrogen-bond donors (Lipinski definition) is 2. The largest absolute Gasteiger partial charge is 0.368 e. The molecule has 3 rings (SSSR count). The number of nitrogens with one attached hydrogen (secondary N) is 1. The Morgan fingerprint density at radius 2 is 1.76 bits per heavy atom. The van der Waals surface area contributed by atoms with Crippen LogP contribution in [-0.2, 0) is 9.59 Å². The third-order valence-corrected chi connectivity index (χ3v) is 7.94. The third-order valence-electron chi connectivity index (χ3n) is 7.94. The molecule has 1 saturated carbocycles. The number of benzene rings is 1. The number of carbonyl (C=O) groups is 3. The normalized spacial score (nSPS) is 17.4. The van der Waals surface area contributed by atoms with Gasteiger partial charge in [0.2, 0.25) is 11.8 Å². The number of nitrogens with two attached hydrogens (primary N) is 1. The number of primary amides is 1. The summed E-state index contributed by atoms with van der Waals surface area (Å²) < 4.78 is 13.3. The average Bonchev–Trinajstić information content (AvgIpc) is 2.92. The monoisotopic (exact) mass is 510 g/mol. The van der Waals surface area contributed by atoms with Crippen LogP contribution in [0.25, 0.3) is 0 Å². The summed E-state index contributed by atoms with van der Waals surface area (Å²) in [6, 6.07) is 6.80. The van der Waals surface area contributed by atoms with E-state index in [0.717, 1.165) is 37.7 Å². The predicted octanol–water partition coefficient (Wildman–Crippen LogP) is 4.41. The van der Waals surface area contributed by atoms with Gasteiger partial charge < -0.3 is 16.0 Å². The van der Waals surface area contributed by atoms with Crippen molar-refractivity contribution in [2.45, 2.75) is 70.9 Å². The lowest BCUT2D eigenvalue weighted by atomic mass is 9.69. The van der Waals surface area contributed by atoms with Crippen molar-refractivity contribution in [3.05, 3.63) is 65.2 Å². The molecule has 3 N–H and O–H groups in total. The maximum absolute atomic E-state index is 14.3. The van der Waals surface area contributed by atoms with Gasteiger partial charge in [0.1, 0.15) is 11.4 Å². The molecule has 1 aliphatic rings. The van der Waals surface area contributed by atoms with Gasteiger partial charge >= 0.3 is 0 Å². The lowest BCUT2D eigenvalue weighted by molar-refractivity contribution is -0.148. The van der Waals surface area contributed by atoms with Crippen LogP contribution in [0.3, 0.4) is 0 Å². The molecule has 0 bridgehead atoms. The van der Waals surface area contributed by atoms with Crippen LogP contribution in [0.5, 0.6) is 0 Å². The van der Waals surface area contributed by atoms with E-state index in [2.05, 4.69) is 10.3 Å². The van der Waals surface area contributed by atoms with Crippen molar-refractivity contribution in [2.24, 2.45) is 17.6 Å². The molecular formula is C29H39FN4O3. The molecule has 1 aliphatic carbocycles. The molecule has 200 valence electrons. The van der Waals surface area contributed by atoms with E-state index in [4.69, 9.17) is 5.73 Å². The Labute approximate surface area is 219 Å². The van der Waals surface area contributed by atoms with E-state index in [-0.39, 0.29) is 23.7 Å². The van der Waals surface area contributed by atoms with Gasteiger partial charge in [-0.1, -0.05) is 26.2 Å². The lowest BCUT2D eigenvalue weighted by Gasteiger charge is -2.44. The summed E-state index contributed by atoms with van der Waals surface area (Å²) >= 11 is 0. The molecule has 1 aromatic carbocycles. The fourth-order valence-corrected chi connectivity index (χ4v) is 5.70. The second-order valence-electron chi connectivity index (χ2n) is 10.1. The minimum atomic E-state index is -1.19. The van der Waals surface area contributed by atoms with Crippen LogP contribution in [0.4, 0.5) is 4.39 Å². The van der Waals surface area contributed by atoms with Crippen molar-refractivity contribution < 1.29 is 18.8 Å². The smallest absolute Gasteiger partial charge is 0.238 e. The predicted molar refractivity (Wildman–Crippen MR) is 141 cm³/mol. The number of amides is 2. The van der Waals surface area contributed by atoms with Crippen molar-refractivity contribution >= 4 is 17.6 Å². The van der Waals surface area contributed by atoms with Crippen LogP contribution in [-0.4, -0.2) is 46.6 Å². The average molecular weight is 511 g/mol. The van der Waals surface area contributed by atoms with Gasteiger partial charge in [-0.15, -0.1) is 0 Å². The van der Waals surface area contributed by atoms with Gasteiger partial charge in [-0.05, 0) is 82.0 Å². The molecule has 1 fully saturated rings. The topological polar surface area (TPSA) is 105 Å². The Kier molecular flexibility index (Phi) is 9.54. The zero-order valence-corrected chi connectivity index (χ0v) is 22.3. The zero-order valence-electron chi connectivity index (χ0n) is 22.3. The van der Waals surface area contributed by atoms with Gasteiger partial charge in [0.15, 0.2) is 5.78 Å². The first-order chi connectivity index (χ1) is 17.7. The Hall–Kier alpha value is -3.13. The summed E-state index contributed by atoms with van der Waals surface area (Å²) in [5, 5.41) is 3.07.